The van der Waals surface area contributed by atoms with E-state index in [1.807, 2.05) is 37.5 Å². The maximum Gasteiger partial charge on any atom is 0.317 e. The number of hydrogen-bond donors (Lipinski definition) is 2. The van der Waals surface area contributed by atoms with Gasteiger partial charge in [-0.05, 0) is 61.9 Å². The molecule has 2 amide bonds. The van der Waals surface area contributed by atoms with Gasteiger partial charge in [0.15, 0.2) is 0 Å². The smallest absolute Gasteiger partial charge is 0.317 e. The summed E-state index contributed by atoms with van der Waals surface area (Å²) in [6, 6.07) is 12.4. The molecule has 4 rings (SSSR count). The second-order valence-corrected chi connectivity index (χ2v) is 8.90. The SMILES string of the molecule is CN(CCCCCc1cc(-c2cccc(F)c2)n[nH]1)C(=O)NCc1ccc(N2CCCC2)nc1. The van der Waals surface area contributed by atoms with Crippen molar-refractivity contribution in [1.29, 1.82) is 0 Å². The molecular formula is C26H33FN6O. The number of amides is 2. The van der Waals surface area contributed by atoms with Gasteiger partial charge in [-0.15, -0.1) is 0 Å². The van der Waals surface area contributed by atoms with E-state index >= 15 is 0 Å². The minimum Gasteiger partial charge on any atom is -0.357 e. The summed E-state index contributed by atoms with van der Waals surface area (Å²) >= 11 is 0. The highest BCUT2D eigenvalue weighted by atomic mass is 19.1. The van der Waals surface area contributed by atoms with Crippen molar-refractivity contribution >= 4 is 11.8 Å². The van der Waals surface area contributed by atoms with E-state index in [1.165, 1.54) is 25.0 Å². The fourth-order valence-corrected chi connectivity index (χ4v) is 4.20. The van der Waals surface area contributed by atoms with Crippen LogP contribution in [0.5, 0.6) is 0 Å². The van der Waals surface area contributed by atoms with Gasteiger partial charge in [0.05, 0.1) is 5.69 Å². The van der Waals surface area contributed by atoms with E-state index < -0.39 is 0 Å². The van der Waals surface area contributed by atoms with Crippen LogP contribution < -0.4 is 10.2 Å². The van der Waals surface area contributed by atoms with Crippen LogP contribution in [0.4, 0.5) is 15.0 Å². The average Bonchev–Trinajstić information content (AvgIpc) is 3.55. The van der Waals surface area contributed by atoms with Gasteiger partial charge < -0.3 is 15.1 Å². The third-order valence-corrected chi connectivity index (χ3v) is 6.22. The van der Waals surface area contributed by atoms with Gasteiger partial charge in [-0.25, -0.2) is 14.2 Å². The van der Waals surface area contributed by atoms with Crippen molar-refractivity contribution in [3.63, 3.8) is 0 Å². The number of nitrogens with one attached hydrogen (secondary N) is 2. The summed E-state index contributed by atoms with van der Waals surface area (Å²) in [7, 11) is 1.82. The molecule has 0 radical (unpaired) electrons. The molecule has 180 valence electrons. The standard InChI is InChI=1S/C26H33FN6O/c1-32(26(34)29-19-20-11-12-25(28-18-20)33-14-5-6-15-33)13-4-2-3-10-23-17-24(31-30-23)21-8-7-9-22(27)16-21/h7-9,11-12,16-18H,2-6,10,13-15,19H2,1H3,(H,29,34)(H,30,31). The van der Waals surface area contributed by atoms with Crippen LogP contribution in [-0.2, 0) is 13.0 Å². The zero-order valence-electron chi connectivity index (χ0n) is 19.8. The van der Waals surface area contributed by atoms with Crippen molar-refractivity contribution in [2.45, 2.75) is 45.1 Å². The molecular weight excluding hydrogens is 431 g/mol. The average molecular weight is 465 g/mol. The molecule has 3 heterocycles. The Bertz CT molecular complexity index is 1060. The molecule has 0 saturated carbocycles. The maximum atomic E-state index is 13.4. The summed E-state index contributed by atoms with van der Waals surface area (Å²) in [4.78, 5) is 20.9. The minimum absolute atomic E-state index is 0.0723. The fraction of sp³-hybridized carbons (Fsp3) is 0.423. The van der Waals surface area contributed by atoms with Crippen LogP contribution >= 0.6 is 0 Å². The van der Waals surface area contributed by atoms with E-state index in [1.54, 1.807) is 11.0 Å². The number of carbonyl (C=O) groups is 1. The van der Waals surface area contributed by atoms with Gasteiger partial charge in [0.2, 0.25) is 0 Å². The lowest BCUT2D eigenvalue weighted by Crippen LogP contribution is -2.37. The van der Waals surface area contributed by atoms with Crippen LogP contribution in [0.1, 0.15) is 43.4 Å². The lowest BCUT2D eigenvalue weighted by atomic mass is 10.1. The third-order valence-electron chi connectivity index (χ3n) is 6.22. The fourth-order valence-electron chi connectivity index (χ4n) is 4.20. The number of benzene rings is 1. The van der Waals surface area contributed by atoms with Crippen molar-refractivity contribution in [2.75, 3.05) is 31.6 Å². The summed E-state index contributed by atoms with van der Waals surface area (Å²) in [5, 5.41) is 10.3. The summed E-state index contributed by atoms with van der Waals surface area (Å²) in [5.41, 5.74) is 3.57. The first-order valence-electron chi connectivity index (χ1n) is 12.1. The van der Waals surface area contributed by atoms with Crippen LogP contribution in [-0.4, -0.2) is 52.8 Å². The largest absolute Gasteiger partial charge is 0.357 e. The molecule has 1 aliphatic rings. The van der Waals surface area contributed by atoms with Gasteiger partial charge in [0, 0.05) is 50.7 Å². The first-order chi connectivity index (χ1) is 16.6. The zero-order valence-corrected chi connectivity index (χ0v) is 19.8. The predicted molar refractivity (Wildman–Crippen MR) is 132 cm³/mol. The van der Waals surface area contributed by atoms with E-state index in [4.69, 9.17) is 0 Å². The van der Waals surface area contributed by atoms with Gasteiger partial charge >= 0.3 is 6.03 Å². The minimum atomic E-state index is -0.262. The molecule has 0 aliphatic carbocycles. The monoisotopic (exact) mass is 464 g/mol. The molecule has 0 atom stereocenters. The van der Waals surface area contributed by atoms with Crippen LogP contribution in [0.15, 0.2) is 48.7 Å². The lowest BCUT2D eigenvalue weighted by molar-refractivity contribution is 0.207. The van der Waals surface area contributed by atoms with E-state index in [-0.39, 0.29) is 11.8 Å². The molecule has 3 aromatic rings. The van der Waals surface area contributed by atoms with Crippen molar-refractivity contribution in [3.05, 3.63) is 65.7 Å². The summed E-state index contributed by atoms with van der Waals surface area (Å²) < 4.78 is 13.4. The van der Waals surface area contributed by atoms with E-state index in [9.17, 15) is 9.18 Å². The topological polar surface area (TPSA) is 77.2 Å². The van der Waals surface area contributed by atoms with Crippen LogP contribution in [0.3, 0.4) is 0 Å². The van der Waals surface area contributed by atoms with Gasteiger partial charge in [-0.2, -0.15) is 5.10 Å². The van der Waals surface area contributed by atoms with Crippen LogP contribution in [0, 0.1) is 5.82 Å². The summed E-state index contributed by atoms with van der Waals surface area (Å²) in [6.45, 7) is 3.33. The maximum absolute atomic E-state index is 13.4. The Hall–Kier alpha value is -3.42. The number of halogens is 1. The molecule has 1 fully saturated rings. The predicted octanol–water partition coefficient (Wildman–Crippen LogP) is 4.77. The normalized spacial score (nSPS) is 13.3. The molecule has 7 nitrogen and oxygen atoms in total. The van der Waals surface area contributed by atoms with Gasteiger partial charge in [-0.3, -0.25) is 5.10 Å². The number of aromatic nitrogens is 3. The number of nitrogens with zero attached hydrogens (tertiary/aromatic N) is 4. The van der Waals surface area contributed by atoms with Gasteiger partial charge in [0.1, 0.15) is 11.6 Å². The molecule has 2 aromatic heterocycles. The van der Waals surface area contributed by atoms with E-state index in [0.29, 0.717) is 13.1 Å². The molecule has 34 heavy (non-hydrogen) atoms. The molecule has 2 N–H and O–H groups in total. The quantitative estimate of drug-likeness (QED) is 0.424. The Morgan fingerprint density at radius 2 is 2.00 bits per heavy atom. The van der Waals surface area contributed by atoms with Crippen molar-refractivity contribution in [2.24, 2.45) is 0 Å². The van der Waals surface area contributed by atoms with E-state index in [2.05, 4.69) is 25.4 Å². The Labute approximate surface area is 200 Å². The van der Waals surface area contributed by atoms with Crippen molar-refractivity contribution in [3.8, 4) is 11.3 Å². The number of anilines is 1. The Balaban J connectivity index is 1.11. The Morgan fingerprint density at radius 1 is 1.15 bits per heavy atom. The first-order valence-corrected chi connectivity index (χ1v) is 12.1. The van der Waals surface area contributed by atoms with Gasteiger partial charge in [-0.1, -0.05) is 24.6 Å². The third kappa shape index (κ3) is 6.56. The van der Waals surface area contributed by atoms with E-state index in [0.717, 1.165) is 67.1 Å². The van der Waals surface area contributed by atoms with Crippen LogP contribution in [0.2, 0.25) is 0 Å². The number of rotatable bonds is 10. The molecule has 0 spiro atoms. The number of pyridine rings is 1. The second kappa shape index (κ2) is 11.6. The lowest BCUT2D eigenvalue weighted by Gasteiger charge is -2.18. The highest BCUT2D eigenvalue weighted by molar-refractivity contribution is 5.73. The summed E-state index contributed by atoms with van der Waals surface area (Å²) in [6.07, 6.45) is 8.12. The molecule has 0 bridgehead atoms. The molecule has 1 aliphatic heterocycles. The van der Waals surface area contributed by atoms with Crippen molar-refractivity contribution < 1.29 is 9.18 Å². The molecule has 1 aromatic carbocycles. The van der Waals surface area contributed by atoms with Crippen LogP contribution in [0.25, 0.3) is 11.3 Å². The number of hydrogen-bond acceptors (Lipinski definition) is 4. The van der Waals surface area contributed by atoms with Crippen molar-refractivity contribution in [1.82, 2.24) is 25.4 Å². The Kier molecular flexibility index (Phi) is 8.12. The second-order valence-electron chi connectivity index (χ2n) is 8.90. The molecule has 8 heteroatoms. The number of aryl methyl sites for hydroxylation is 1. The molecule has 0 unspecified atom stereocenters. The number of carbonyl (C=O) groups excluding carboxylic acids is 1. The van der Waals surface area contributed by atoms with Gasteiger partial charge in [0.25, 0.3) is 0 Å². The summed E-state index contributed by atoms with van der Waals surface area (Å²) in [5.74, 6) is 0.757. The first kappa shape index (κ1) is 23.7. The highest BCUT2D eigenvalue weighted by Gasteiger charge is 2.13. The Morgan fingerprint density at radius 3 is 2.76 bits per heavy atom. The molecule has 1 saturated heterocycles. The number of unbranched alkanes of at least 4 members (excludes halogenated alkanes) is 2. The zero-order chi connectivity index (χ0) is 23.8. The number of urea groups is 1. The highest BCUT2D eigenvalue weighted by Crippen LogP contribution is 2.20. The number of H-pyrrole nitrogens is 1. The number of aromatic amines is 1.